The third-order valence-corrected chi connectivity index (χ3v) is 9.38. The lowest BCUT2D eigenvalue weighted by molar-refractivity contribution is 0.0366. The normalized spacial score (nSPS) is 52.4. The average molecular weight is 341 g/mol. The van der Waals surface area contributed by atoms with E-state index in [4.69, 9.17) is 0 Å². The van der Waals surface area contributed by atoms with Crippen molar-refractivity contribution in [1.82, 2.24) is 0 Å². The lowest BCUT2D eigenvalue weighted by atomic mass is 9.50. The van der Waals surface area contributed by atoms with Gasteiger partial charge in [0.25, 0.3) is 0 Å². The fourth-order valence-corrected chi connectivity index (χ4v) is 7.51. The Balaban J connectivity index is 1.78. The van der Waals surface area contributed by atoms with Crippen LogP contribution in [0.5, 0.6) is 0 Å². The Kier molecular flexibility index (Phi) is 4.10. The van der Waals surface area contributed by atoms with Gasteiger partial charge in [-0.15, -0.1) is 0 Å². The predicted molar refractivity (Wildman–Crippen MR) is 108 cm³/mol. The van der Waals surface area contributed by atoms with Gasteiger partial charge in [0.1, 0.15) is 0 Å². The molecular formula is C25H40. The zero-order chi connectivity index (χ0) is 18.0. The van der Waals surface area contributed by atoms with Crippen molar-refractivity contribution in [3.05, 3.63) is 23.8 Å². The molecule has 2 bridgehead atoms. The molecule has 25 heavy (non-hydrogen) atoms. The van der Waals surface area contributed by atoms with Gasteiger partial charge in [-0.05, 0) is 105 Å². The summed E-state index contributed by atoms with van der Waals surface area (Å²) in [6, 6.07) is 0. The SMILES string of the molecule is C=C(C)[C@H]1CC[C@@]2(C)CC[C@]3(C)C[C@@H]4C[C@](C)(CC=C3[C@H]12)CC[C@@H]4C. The Labute approximate surface area is 156 Å². The molecule has 4 aliphatic carbocycles. The number of allylic oxidation sites excluding steroid dienone is 3. The second-order valence-electron chi connectivity index (χ2n) is 11.5. The molecule has 0 heteroatoms. The maximum atomic E-state index is 4.42. The van der Waals surface area contributed by atoms with Gasteiger partial charge in [0.2, 0.25) is 0 Å². The average Bonchev–Trinajstić information content (AvgIpc) is 2.87. The van der Waals surface area contributed by atoms with Crippen LogP contribution in [0.1, 0.15) is 92.4 Å². The summed E-state index contributed by atoms with van der Waals surface area (Å²) in [5.41, 5.74) is 4.88. The van der Waals surface area contributed by atoms with Crippen LogP contribution in [0.15, 0.2) is 23.8 Å². The summed E-state index contributed by atoms with van der Waals surface area (Å²) in [5.74, 6) is 3.39. The van der Waals surface area contributed by atoms with Crippen molar-refractivity contribution in [2.45, 2.75) is 92.4 Å². The third kappa shape index (κ3) is 2.78. The first-order valence-corrected chi connectivity index (χ1v) is 11.0. The van der Waals surface area contributed by atoms with E-state index in [9.17, 15) is 0 Å². The molecule has 0 spiro atoms. The fourth-order valence-electron chi connectivity index (χ4n) is 7.51. The van der Waals surface area contributed by atoms with Crippen LogP contribution in [0, 0.1) is 39.9 Å². The zero-order valence-electron chi connectivity index (χ0n) is 17.5. The van der Waals surface area contributed by atoms with Crippen molar-refractivity contribution in [2.24, 2.45) is 39.9 Å². The Morgan fingerprint density at radius 2 is 1.80 bits per heavy atom. The number of hydrogen-bond donors (Lipinski definition) is 0. The molecule has 140 valence electrons. The third-order valence-electron chi connectivity index (χ3n) is 9.38. The maximum absolute atomic E-state index is 4.42. The summed E-state index contributed by atoms with van der Waals surface area (Å²) >= 11 is 0. The molecule has 7 atom stereocenters. The van der Waals surface area contributed by atoms with Gasteiger partial charge < -0.3 is 0 Å². The molecule has 4 rings (SSSR count). The van der Waals surface area contributed by atoms with E-state index >= 15 is 0 Å². The minimum Gasteiger partial charge on any atom is -0.0998 e. The van der Waals surface area contributed by atoms with Crippen LogP contribution in [-0.2, 0) is 0 Å². The maximum Gasteiger partial charge on any atom is -0.00784 e. The van der Waals surface area contributed by atoms with E-state index in [1.165, 1.54) is 63.4 Å². The zero-order valence-corrected chi connectivity index (χ0v) is 17.5. The first-order valence-electron chi connectivity index (χ1n) is 11.0. The standard InChI is InChI=1S/C25H40/c1-17(2)20-8-12-24(5)13-14-25(6)16-19-15-23(4,10-7-18(19)3)11-9-21(25)22(20)24/h9,18-20,22H,1,7-8,10-16H2,2-6H3/t18-,19-,20+,22-,23-,24-,25+/m0/s1. The summed E-state index contributed by atoms with van der Waals surface area (Å²) in [5, 5.41) is 0. The second kappa shape index (κ2) is 5.74. The van der Waals surface area contributed by atoms with Gasteiger partial charge in [0.15, 0.2) is 0 Å². The van der Waals surface area contributed by atoms with Crippen LogP contribution in [0.3, 0.4) is 0 Å². The highest BCUT2D eigenvalue weighted by atomic mass is 14.6. The summed E-state index contributed by atoms with van der Waals surface area (Å²) in [4.78, 5) is 0. The van der Waals surface area contributed by atoms with Gasteiger partial charge in [0.05, 0.1) is 0 Å². The molecule has 0 aromatic rings. The summed E-state index contributed by atoms with van der Waals surface area (Å²) in [6.45, 7) is 17.1. The Bertz CT molecular complexity index is 597. The summed E-state index contributed by atoms with van der Waals surface area (Å²) < 4.78 is 0. The van der Waals surface area contributed by atoms with Gasteiger partial charge in [-0.3, -0.25) is 0 Å². The van der Waals surface area contributed by atoms with Gasteiger partial charge >= 0.3 is 0 Å². The topological polar surface area (TPSA) is 0 Å². The van der Waals surface area contributed by atoms with Crippen molar-refractivity contribution in [1.29, 1.82) is 0 Å². The molecular weight excluding hydrogens is 300 g/mol. The lowest BCUT2D eigenvalue weighted by Crippen LogP contribution is -2.44. The van der Waals surface area contributed by atoms with E-state index in [2.05, 4.69) is 47.3 Å². The highest BCUT2D eigenvalue weighted by Gasteiger charge is 2.55. The fraction of sp³-hybridized carbons (Fsp3) is 0.840. The summed E-state index contributed by atoms with van der Waals surface area (Å²) in [6.07, 6.45) is 15.6. The van der Waals surface area contributed by atoms with Crippen molar-refractivity contribution in [3.8, 4) is 0 Å². The Morgan fingerprint density at radius 3 is 2.52 bits per heavy atom. The van der Waals surface area contributed by atoms with E-state index in [0.29, 0.717) is 16.2 Å². The van der Waals surface area contributed by atoms with Crippen molar-refractivity contribution >= 4 is 0 Å². The smallest absolute Gasteiger partial charge is 0.00784 e. The number of fused-ring (bicyclic) bond motifs is 5. The monoisotopic (exact) mass is 340 g/mol. The minimum atomic E-state index is 0.458. The summed E-state index contributed by atoms with van der Waals surface area (Å²) in [7, 11) is 0. The molecule has 0 N–H and O–H groups in total. The van der Waals surface area contributed by atoms with Crippen LogP contribution < -0.4 is 0 Å². The van der Waals surface area contributed by atoms with Crippen LogP contribution in [0.25, 0.3) is 0 Å². The molecule has 0 heterocycles. The molecule has 0 unspecified atom stereocenters. The molecule has 0 nitrogen and oxygen atoms in total. The molecule has 0 aliphatic heterocycles. The first-order chi connectivity index (χ1) is 11.7. The predicted octanol–water partition coefficient (Wildman–Crippen LogP) is 7.56. The second-order valence-corrected chi connectivity index (χ2v) is 11.5. The van der Waals surface area contributed by atoms with Gasteiger partial charge in [-0.1, -0.05) is 51.5 Å². The van der Waals surface area contributed by atoms with Crippen molar-refractivity contribution < 1.29 is 0 Å². The van der Waals surface area contributed by atoms with Crippen LogP contribution in [-0.4, -0.2) is 0 Å². The lowest BCUT2D eigenvalue weighted by Gasteiger charge is -2.55. The molecule has 0 saturated heterocycles. The van der Waals surface area contributed by atoms with Crippen LogP contribution >= 0.6 is 0 Å². The first kappa shape index (κ1) is 17.9. The van der Waals surface area contributed by atoms with Gasteiger partial charge in [-0.25, -0.2) is 0 Å². The molecule has 3 saturated carbocycles. The molecule has 3 fully saturated rings. The number of hydrogen-bond acceptors (Lipinski definition) is 0. The highest BCUT2D eigenvalue weighted by molar-refractivity contribution is 5.30. The minimum absolute atomic E-state index is 0.458. The molecule has 0 amide bonds. The molecule has 0 aromatic carbocycles. The number of rotatable bonds is 1. The molecule has 0 radical (unpaired) electrons. The largest absolute Gasteiger partial charge is 0.0998 e. The van der Waals surface area contributed by atoms with Gasteiger partial charge in [0, 0.05) is 0 Å². The van der Waals surface area contributed by atoms with E-state index in [1.54, 1.807) is 0 Å². The van der Waals surface area contributed by atoms with E-state index in [1.807, 2.05) is 5.57 Å². The van der Waals surface area contributed by atoms with Crippen LogP contribution in [0.4, 0.5) is 0 Å². The molecule has 4 aliphatic rings. The van der Waals surface area contributed by atoms with E-state index < -0.39 is 0 Å². The van der Waals surface area contributed by atoms with E-state index in [0.717, 1.165) is 23.7 Å². The van der Waals surface area contributed by atoms with E-state index in [-0.39, 0.29) is 0 Å². The van der Waals surface area contributed by atoms with Gasteiger partial charge in [-0.2, -0.15) is 0 Å². The Morgan fingerprint density at radius 1 is 1.04 bits per heavy atom. The van der Waals surface area contributed by atoms with Crippen molar-refractivity contribution in [3.63, 3.8) is 0 Å². The Hall–Kier alpha value is -0.520. The molecule has 0 aromatic heterocycles. The highest BCUT2D eigenvalue weighted by Crippen LogP contribution is 2.66. The van der Waals surface area contributed by atoms with Crippen molar-refractivity contribution in [2.75, 3.05) is 0 Å². The quantitative estimate of drug-likeness (QED) is 0.432. The van der Waals surface area contributed by atoms with Crippen LogP contribution in [0.2, 0.25) is 0 Å².